The molecule has 4 heteroatoms. The topological polar surface area (TPSA) is 52.6 Å². The highest BCUT2D eigenvalue weighted by Gasteiger charge is 2.55. The van der Waals surface area contributed by atoms with E-state index in [0.29, 0.717) is 29.6 Å². The van der Waals surface area contributed by atoms with Crippen molar-refractivity contribution in [3.05, 3.63) is 65.2 Å². The SMILES string of the molecule is CCCCCCOc1ccc(C(=O)Oc2ccc(/C=C3/CC4CC(C3=O)C4(C)C)cc2)cc1. The number of ether oxygens (including phenoxy) is 2. The fourth-order valence-corrected chi connectivity index (χ4v) is 4.93. The molecular weight excluding hydrogens is 412 g/mol. The number of unbranched alkanes of at least 4 members (excludes halogenated alkanes) is 3. The van der Waals surface area contributed by atoms with Crippen LogP contribution in [0.2, 0.25) is 0 Å². The lowest BCUT2D eigenvalue weighted by atomic mass is 9.47. The van der Waals surface area contributed by atoms with E-state index in [4.69, 9.17) is 9.47 Å². The molecule has 0 amide bonds. The Kier molecular flexibility index (Phi) is 7.02. The average molecular weight is 447 g/mol. The monoisotopic (exact) mass is 446 g/mol. The van der Waals surface area contributed by atoms with Gasteiger partial charge in [0.1, 0.15) is 11.5 Å². The zero-order valence-corrected chi connectivity index (χ0v) is 19.9. The van der Waals surface area contributed by atoms with Crippen LogP contribution in [-0.4, -0.2) is 18.4 Å². The fourth-order valence-electron chi connectivity index (χ4n) is 4.93. The number of benzene rings is 2. The van der Waals surface area contributed by atoms with Gasteiger partial charge < -0.3 is 9.47 Å². The minimum absolute atomic E-state index is 0.144. The predicted molar refractivity (Wildman–Crippen MR) is 130 cm³/mol. The molecule has 0 heterocycles. The molecule has 0 radical (unpaired) electrons. The van der Waals surface area contributed by atoms with E-state index in [1.54, 1.807) is 36.4 Å². The molecule has 3 aliphatic carbocycles. The highest BCUT2D eigenvalue weighted by atomic mass is 16.5. The Morgan fingerprint density at radius 1 is 1.00 bits per heavy atom. The zero-order chi connectivity index (χ0) is 23.4. The van der Waals surface area contributed by atoms with E-state index in [0.717, 1.165) is 36.1 Å². The van der Waals surface area contributed by atoms with Gasteiger partial charge in [-0.3, -0.25) is 4.79 Å². The number of hydrogen-bond donors (Lipinski definition) is 0. The maximum atomic E-state index is 12.7. The van der Waals surface area contributed by atoms with Gasteiger partial charge in [0.05, 0.1) is 12.2 Å². The highest BCUT2D eigenvalue weighted by molar-refractivity contribution is 6.03. The molecule has 4 nitrogen and oxygen atoms in total. The lowest BCUT2D eigenvalue weighted by molar-refractivity contribution is -0.140. The van der Waals surface area contributed by atoms with Crippen LogP contribution in [-0.2, 0) is 4.79 Å². The van der Waals surface area contributed by atoms with E-state index in [1.807, 2.05) is 18.2 Å². The number of carbonyl (C=O) groups is 2. The Hall–Kier alpha value is -2.88. The van der Waals surface area contributed by atoms with Crippen LogP contribution in [0.5, 0.6) is 11.5 Å². The van der Waals surface area contributed by atoms with E-state index >= 15 is 0 Å². The summed E-state index contributed by atoms with van der Waals surface area (Å²) in [7, 11) is 0. The van der Waals surface area contributed by atoms with Crippen LogP contribution in [0, 0.1) is 17.3 Å². The number of rotatable bonds is 9. The zero-order valence-electron chi connectivity index (χ0n) is 19.9. The van der Waals surface area contributed by atoms with E-state index in [9.17, 15) is 9.59 Å². The minimum atomic E-state index is -0.402. The van der Waals surface area contributed by atoms with Crippen molar-refractivity contribution in [3.8, 4) is 11.5 Å². The van der Waals surface area contributed by atoms with Gasteiger partial charge in [0.25, 0.3) is 0 Å². The average Bonchev–Trinajstić information content (AvgIpc) is 2.81. The summed E-state index contributed by atoms with van der Waals surface area (Å²) in [6.45, 7) is 7.29. The largest absolute Gasteiger partial charge is 0.494 e. The van der Waals surface area contributed by atoms with Gasteiger partial charge in [-0.25, -0.2) is 4.79 Å². The standard InChI is InChI=1S/C29H34O4/c1-4-5-6-7-16-32-24-14-10-21(11-15-24)28(31)33-25-12-8-20(9-13-25)17-22-18-23-19-26(27(22)30)29(23,2)3/h8-15,17,23,26H,4-7,16,18-19H2,1-3H3/b22-17-. The fraction of sp³-hybridized carbons (Fsp3) is 0.448. The lowest BCUT2D eigenvalue weighted by Crippen LogP contribution is -2.53. The third kappa shape index (κ3) is 5.21. The molecule has 5 rings (SSSR count). The first kappa shape index (κ1) is 23.3. The molecule has 2 aromatic carbocycles. The summed E-state index contributed by atoms with van der Waals surface area (Å²) in [4.78, 5) is 25.2. The molecule has 2 bridgehead atoms. The second-order valence-corrected chi connectivity index (χ2v) is 9.94. The van der Waals surface area contributed by atoms with Crippen molar-refractivity contribution in [1.82, 2.24) is 0 Å². The smallest absolute Gasteiger partial charge is 0.343 e. The molecule has 2 aromatic rings. The van der Waals surface area contributed by atoms with Crippen LogP contribution >= 0.6 is 0 Å². The van der Waals surface area contributed by atoms with Crippen molar-refractivity contribution in [3.63, 3.8) is 0 Å². The van der Waals surface area contributed by atoms with Gasteiger partial charge >= 0.3 is 5.97 Å². The molecule has 0 saturated heterocycles. The van der Waals surface area contributed by atoms with Gasteiger partial charge in [0, 0.05) is 5.92 Å². The maximum Gasteiger partial charge on any atom is 0.343 e. The molecule has 2 atom stereocenters. The molecule has 0 spiro atoms. The second-order valence-electron chi connectivity index (χ2n) is 9.94. The first-order valence-corrected chi connectivity index (χ1v) is 12.2. The van der Waals surface area contributed by atoms with Crippen molar-refractivity contribution in [1.29, 1.82) is 0 Å². The molecule has 0 aliphatic heterocycles. The van der Waals surface area contributed by atoms with Crippen molar-refractivity contribution in [2.45, 2.75) is 59.3 Å². The molecule has 174 valence electrons. The Balaban J connectivity index is 1.30. The van der Waals surface area contributed by atoms with Gasteiger partial charge in [0.2, 0.25) is 0 Å². The molecular formula is C29H34O4. The molecule has 3 saturated carbocycles. The van der Waals surface area contributed by atoms with Crippen molar-refractivity contribution >= 4 is 17.8 Å². The molecule has 0 aromatic heterocycles. The Morgan fingerprint density at radius 2 is 1.70 bits per heavy atom. The van der Waals surface area contributed by atoms with E-state index in [1.165, 1.54) is 19.3 Å². The van der Waals surface area contributed by atoms with E-state index in [2.05, 4.69) is 20.8 Å². The Labute approximate surface area is 197 Å². The second kappa shape index (κ2) is 9.94. The summed E-state index contributed by atoms with van der Waals surface area (Å²) >= 11 is 0. The molecule has 2 unspecified atom stereocenters. The van der Waals surface area contributed by atoms with Crippen LogP contribution in [0.3, 0.4) is 0 Å². The van der Waals surface area contributed by atoms with Crippen LogP contribution in [0.15, 0.2) is 54.1 Å². The molecule has 3 fully saturated rings. The quantitative estimate of drug-likeness (QED) is 0.182. The number of esters is 1. The number of carbonyl (C=O) groups excluding carboxylic acids is 2. The summed E-state index contributed by atoms with van der Waals surface area (Å²) in [6, 6.07) is 14.4. The summed E-state index contributed by atoms with van der Waals surface area (Å²) in [5, 5.41) is 0. The molecule has 33 heavy (non-hydrogen) atoms. The number of ketones is 1. The van der Waals surface area contributed by atoms with E-state index in [-0.39, 0.29) is 11.3 Å². The Bertz CT molecular complexity index is 1010. The molecule has 0 N–H and O–H groups in total. The number of hydrogen-bond acceptors (Lipinski definition) is 4. The van der Waals surface area contributed by atoms with E-state index < -0.39 is 5.97 Å². The van der Waals surface area contributed by atoms with Gasteiger partial charge in [0.15, 0.2) is 5.78 Å². The third-order valence-electron chi connectivity index (χ3n) is 7.36. The number of allylic oxidation sites excluding steroid dienone is 1. The van der Waals surface area contributed by atoms with Gasteiger partial charge in [-0.05, 0) is 84.2 Å². The normalized spacial score (nSPS) is 22.0. The predicted octanol–water partition coefficient (Wildman–Crippen LogP) is 6.88. The van der Waals surface area contributed by atoms with Crippen molar-refractivity contribution < 1.29 is 19.1 Å². The van der Waals surface area contributed by atoms with Crippen LogP contribution in [0.4, 0.5) is 0 Å². The summed E-state index contributed by atoms with van der Waals surface area (Å²) in [5.74, 6) is 1.91. The lowest BCUT2D eigenvalue weighted by Gasteiger charge is -2.56. The van der Waals surface area contributed by atoms with Crippen LogP contribution in [0.25, 0.3) is 6.08 Å². The summed E-state index contributed by atoms with van der Waals surface area (Å²) in [5.41, 5.74) is 2.51. The highest BCUT2D eigenvalue weighted by Crippen LogP contribution is 2.59. The Morgan fingerprint density at radius 3 is 2.33 bits per heavy atom. The number of fused-ring (bicyclic) bond motifs is 2. The van der Waals surface area contributed by atoms with Crippen LogP contribution in [0.1, 0.15) is 75.2 Å². The van der Waals surface area contributed by atoms with Gasteiger partial charge in [-0.15, -0.1) is 0 Å². The maximum absolute atomic E-state index is 12.7. The summed E-state index contributed by atoms with van der Waals surface area (Å²) < 4.78 is 11.2. The van der Waals surface area contributed by atoms with Crippen molar-refractivity contribution in [2.24, 2.45) is 17.3 Å². The summed E-state index contributed by atoms with van der Waals surface area (Å²) in [6.07, 6.45) is 8.52. The third-order valence-corrected chi connectivity index (χ3v) is 7.36. The van der Waals surface area contributed by atoms with Gasteiger partial charge in [-0.2, -0.15) is 0 Å². The van der Waals surface area contributed by atoms with Crippen molar-refractivity contribution in [2.75, 3.05) is 6.61 Å². The molecule has 3 aliphatic rings. The van der Waals surface area contributed by atoms with Gasteiger partial charge in [-0.1, -0.05) is 52.2 Å². The number of Topliss-reactive ketones (excluding diaryl/α,β-unsaturated/α-hetero) is 1. The van der Waals surface area contributed by atoms with Crippen LogP contribution < -0.4 is 9.47 Å². The first-order valence-electron chi connectivity index (χ1n) is 12.2. The first-order chi connectivity index (χ1) is 15.9. The minimum Gasteiger partial charge on any atom is -0.494 e.